The lowest BCUT2D eigenvalue weighted by molar-refractivity contribution is -0.141. The number of pyridine rings is 1. The van der Waals surface area contributed by atoms with Crippen LogP contribution in [0.2, 0.25) is 0 Å². The molecule has 4 heterocycles. The van der Waals surface area contributed by atoms with Gasteiger partial charge in [0.05, 0.1) is 5.69 Å². The van der Waals surface area contributed by atoms with Crippen LogP contribution in [0.4, 0.5) is 0 Å². The third kappa shape index (κ3) is 2.88. The van der Waals surface area contributed by atoms with E-state index in [9.17, 15) is 4.79 Å². The molecule has 1 aromatic heterocycles. The Morgan fingerprint density at radius 3 is 2.91 bits per heavy atom. The third-order valence-corrected chi connectivity index (χ3v) is 5.49. The van der Waals surface area contributed by atoms with Gasteiger partial charge in [-0.1, -0.05) is 6.07 Å². The van der Waals surface area contributed by atoms with Crippen LogP contribution >= 0.6 is 0 Å². The number of amides is 1. The van der Waals surface area contributed by atoms with Crippen molar-refractivity contribution in [2.45, 2.75) is 57.3 Å². The average Bonchev–Trinajstić information content (AvgIpc) is 3.25. The minimum Gasteiger partial charge on any atom is -0.368 e. The Morgan fingerprint density at radius 2 is 2.13 bits per heavy atom. The molecule has 23 heavy (non-hydrogen) atoms. The summed E-state index contributed by atoms with van der Waals surface area (Å²) >= 11 is 0. The van der Waals surface area contributed by atoms with Crippen LogP contribution in [0.25, 0.3) is 0 Å². The summed E-state index contributed by atoms with van der Waals surface area (Å²) in [4.78, 5) is 21.9. The molecule has 124 valence electrons. The van der Waals surface area contributed by atoms with Gasteiger partial charge in [-0.2, -0.15) is 0 Å². The first-order valence-electron chi connectivity index (χ1n) is 8.81. The fraction of sp³-hybridized carbons (Fsp3) is 0.667. The van der Waals surface area contributed by atoms with Gasteiger partial charge in [-0.3, -0.25) is 14.7 Å². The van der Waals surface area contributed by atoms with Gasteiger partial charge in [0.2, 0.25) is 0 Å². The van der Waals surface area contributed by atoms with Crippen molar-refractivity contribution in [2.75, 3.05) is 19.7 Å². The second-order valence-electron chi connectivity index (χ2n) is 6.99. The number of hydrogen-bond acceptors (Lipinski definition) is 4. The maximum absolute atomic E-state index is 12.7. The molecule has 0 saturated carbocycles. The van der Waals surface area contributed by atoms with E-state index < -0.39 is 0 Å². The van der Waals surface area contributed by atoms with Crippen molar-refractivity contribution in [2.24, 2.45) is 0 Å². The first-order chi connectivity index (χ1) is 11.2. The lowest BCUT2D eigenvalue weighted by atomic mass is 10.1. The van der Waals surface area contributed by atoms with Crippen molar-refractivity contribution in [1.82, 2.24) is 14.8 Å². The fourth-order valence-electron chi connectivity index (χ4n) is 4.40. The van der Waals surface area contributed by atoms with Crippen LogP contribution < -0.4 is 0 Å². The first kappa shape index (κ1) is 15.1. The zero-order chi connectivity index (χ0) is 15.8. The summed E-state index contributed by atoms with van der Waals surface area (Å²) in [6, 6.07) is 7.07. The standard InChI is InChI=1S/C18H25N3O2/c1-13-4-2-5-14(19-13)12-20-9-7-16-15(20)8-10-21(16)18(22)17-6-3-11-23-17/h2,4-5,15-17H,3,6-12H2,1H3/t15-,16+,17+/m0/s1. The van der Waals surface area contributed by atoms with Crippen LogP contribution in [0.5, 0.6) is 0 Å². The number of hydrogen-bond donors (Lipinski definition) is 0. The smallest absolute Gasteiger partial charge is 0.252 e. The molecule has 0 N–H and O–H groups in total. The van der Waals surface area contributed by atoms with Crippen molar-refractivity contribution in [3.05, 3.63) is 29.6 Å². The molecule has 3 atom stereocenters. The second-order valence-corrected chi connectivity index (χ2v) is 6.99. The second kappa shape index (κ2) is 6.21. The van der Waals surface area contributed by atoms with Crippen molar-refractivity contribution >= 4 is 5.91 Å². The Morgan fingerprint density at radius 1 is 1.26 bits per heavy atom. The quantitative estimate of drug-likeness (QED) is 0.852. The van der Waals surface area contributed by atoms with Gasteiger partial charge in [-0.25, -0.2) is 0 Å². The minimum absolute atomic E-state index is 0.179. The summed E-state index contributed by atoms with van der Waals surface area (Å²) in [7, 11) is 0. The molecule has 0 radical (unpaired) electrons. The first-order valence-corrected chi connectivity index (χ1v) is 8.81. The number of carbonyl (C=O) groups is 1. The predicted octanol–water partition coefficient (Wildman–Crippen LogP) is 1.74. The molecule has 0 aliphatic carbocycles. The van der Waals surface area contributed by atoms with Gasteiger partial charge >= 0.3 is 0 Å². The van der Waals surface area contributed by atoms with Crippen molar-refractivity contribution in [3.63, 3.8) is 0 Å². The maximum Gasteiger partial charge on any atom is 0.252 e. The molecule has 1 aromatic rings. The van der Waals surface area contributed by atoms with Crippen LogP contribution in [0.1, 0.15) is 37.1 Å². The third-order valence-electron chi connectivity index (χ3n) is 5.49. The van der Waals surface area contributed by atoms with Gasteiger partial charge in [0.1, 0.15) is 6.10 Å². The number of likely N-dealkylation sites (tertiary alicyclic amines) is 2. The Labute approximate surface area is 137 Å². The Kier molecular flexibility index (Phi) is 4.07. The summed E-state index contributed by atoms with van der Waals surface area (Å²) in [6.07, 6.45) is 3.89. The highest BCUT2D eigenvalue weighted by Gasteiger charge is 2.46. The van der Waals surface area contributed by atoms with Gasteiger partial charge in [-0.15, -0.1) is 0 Å². The number of nitrogens with zero attached hydrogens (tertiary/aromatic N) is 3. The zero-order valence-corrected chi connectivity index (χ0v) is 13.8. The van der Waals surface area contributed by atoms with E-state index in [0.29, 0.717) is 12.1 Å². The van der Waals surface area contributed by atoms with Crippen molar-refractivity contribution in [3.8, 4) is 0 Å². The van der Waals surface area contributed by atoms with E-state index in [4.69, 9.17) is 4.74 Å². The Balaban J connectivity index is 1.42. The lowest BCUT2D eigenvalue weighted by Crippen LogP contribution is -2.44. The fourth-order valence-corrected chi connectivity index (χ4v) is 4.40. The lowest BCUT2D eigenvalue weighted by Gasteiger charge is -2.27. The number of aryl methyl sites for hydroxylation is 1. The van der Waals surface area contributed by atoms with Crippen molar-refractivity contribution in [1.29, 1.82) is 0 Å². The highest BCUT2D eigenvalue weighted by Crippen LogP contribution is 2.33. The van der Waals surface area contributed by atoms with Gasteiger partial charge in [-0.05, 0) is 44.7 Å². The van der Waals surface area contributed by atoms with E-state index in [2.05, 4.69) is 26.9 Å². The largest absolute Gasteiger partial charge is 0.368 e. The van der Waals surface area contributed by atoms with Crippen LogP contribution in [-0.2, 0) is 16.1 Å². The SMILES string of the molecule is Cc1cccc(CN2CC[C@@H]3[C@@H]2CCN3C(=O)[C@H]2CCCO2)n1. The number of aromatic nitrogens is 1. The van der Waals surface area contributed by atoms with Crippen LogP contribution in [-0.4, -0.2) is 58.6 Å². The Hall–Kier alpha value is -1.46. The maximum atomic E-state index is 12.7. The molecule has 0 unspecified atom stereocenters. The van der Waals surface area contributed by atoms with Crippen LogP contribution in [0, 0.1) is 6.92 Å². The summed E-state index contributed by atoms with van der Waals surface area (Å²) < 4.78 is 5.60. The molecule has 3 aliphatic rings. The highest BCUT2D eigenvalue weighted by atomic mass is 16.5. The van der Waals surface area contributed by atoms with Crippen molar-refractivity contribution < 1.29 is 9.53 Å². The van der Waals surface area contributed by atoms with Gasteiger partial charge in [0.25, 0.3) is 5.91 Å². The number of ether oxygens (including phenoxy) is 1. The van der Waals surface area contributed by atoms with E-state index >= 15 is 0 Å². The molecule has 0 aromatic carbocycles. The summed E-state index contributed by atoms with van der Waals surface area (Å²) in [5, 5.41) is 0. The van der Waals surface area contributed by atoms with Gasteiger partial charge in [0, 0.05) is 44.0 Å². The molecule has 3 aliphatic heterocycles. The summed E-state index contributed by atoms with van der Waals surface area (Å²) in [6.45, 7) is 5.61. The molecule has 3 fully saturated rings. The highest BCUT2D eigenvalue weighted by molar-refractivity contribution is 5.82. The van der Waals surface area contributed by atoms with Gasteiger partial charge in [0.15, 0.2) is 0 Å². The van der Waals surface area contributed by atoms with Gasteiger partial charge < -0.3 is 9.64 Å². The van der Waals surface area contributed by atoms with E-state index in [1.54, 1.807) is 0 Å². The molecule has 0 bridgehead atoms. The zero-order valence-electron chi connectivity index (χ0n) is 13.8. The molecule has 4 rings (SSSR count). The van der Waals surface area contributed by atoms with E-state index in [0.717, 1.165) is 63.3 Å². The van der Waals surface area contributed by atoms with Crippen LogP contribution in [0.3, 0.4) is 0 Å². The van der Waals surface area contributed by atoms with E-state index in [1.165, 1.54) is 0 Å². The summed E-state index contributed by atoms with van der Waals surface area (Å²) in [5.74, 6) is 0.227. The number of fused-ring (bicyclic) bond motifs is 1. The molecular weight excluding hydrogens is 290 g/mol. The Bertz CT molecular complexity index is 585. The molecular formula is C18H25N3O2. The molecule has 5 heteroatoms. The average molecular weight is 315 g/mol. The van der Waals surface area contributed by atoms with E-state index in [1.807, 2.05) is 13.0 Å². The molecule has 0 spiro atoms. The van der Waals surface area contributed by atoms with Crippen LogP contribution in [0.15, 0.2) is 18.2 Å². The van der Waals surface area contributed by atoms with E-state index in [-0.39, 0.29) is 12.0 Å². The topological polar surface area (TPSA) is 45.7 Å². The monoisotopic (exact) mass is 315 g/mol. The molecule has 1 amide bonds. The normalized spacial score (nSPS) is 30.8. The minimum atomic E-state index is -0.179. The number of rotatable bonds is 3. The number of carbonyl (C=O) groups excluding carboxylic acids is 1. The summed E-state index contributed by atoms with van der Waals surface area (Å²) in [5.41, 5.74) is 2.20. The molecule has 5 nitrogen and oxygen atoms in total. The predicted molar refractivity (Wildman–Crippen MR) is 86.9 cm³/mol. The molecule has 3 saturated heterocycles.